The Bertz CT molecular complexity index is 278. The molecular weight excluding hydrogens is 230 g/mol. The van der Waals surface area contributed by atoms with Gasteiger partial charge in [0.1, 0.15) is 11.9 Å². The fourth-order valence-corrected chi connectivity index (χ4v) is 1.87. The summed E-state index contributed by atoms with van der Waals surface area (Å²) in [5.41, 5.74) is 0. The van der Waals surface area contributed by atoms with E-state index >= 15 is 0 Å². The lowest BCUT2D eigenvalue weighted by Crippen LogP contribution is -2.49. The number of rotatable bonds is 5. The smallest absolute Gasteiger partial charge is 0.160 e. The van der Waals surface area contributed by atoms with Gasteiger partial charge in [0.25, 0.3) is 0 Å². The van der Waals surface area contributed by atoms with Gasteiger partial charge in [-0.05, 0) is 6.42 Å². The third kappa shape index (κ3) is 3.08. The monoisotopic (exact) mass is 249 g/mol. The predicted octanol–water partition coefficient (Wildman–Crippen LogP) is -2.00. The van der Waals surface area contributed by atoms with E-state index in [1.54, 1.807) is 0 Å². The van der Waals surface area contributed by atoms with E-state index in [1.165, 1.54) is 0 Å². The van der Waals surface area contributed by atoms with E-state index < -0.39 is 35.6 Å². The molecule has 0 heterocycles. The molecule has 0 spiro atoms. The molecule has 7 heteroatoms. The minimum Gasteiger partial charge on any atom is -0.507 e. The molecule has 3 atom stereocenters. The Kier molecular flexibility index (Phi) is 5.16. The van der Waals surface area contributed by atoms with Gasteiger partial charge in [-0.15, -0.1) is 0 Å². The van der Waals surface area contributed by atoms with Crippen LogP contribution in [-0.4, -0.2) is 68.6 Å². The van der Waals surface area contributed by atoms with E-state index in [9.17, 15) is 15.3 Å². The van der Waals surface area contributed by atoms with E-state index in [-0.39, 0.29) is 26.2 Å². The molecular formula is C10H19NO6. The molecule has 0 aromatic carbocycles. The second kappa shape index (κ2) is 6.18. The summed E-state index contributed by atoms with van der Waals surface area (Å²) in [6.45, 7) is -0.986. The first-order valence-corrected chi connectivity index (χ1v) is 5.43. The van der Waals surface area contributed by atoms with E-state index in [0.717, 1.165) is 0 Å². The van der Waals surface area contributed by atoms with Gasteiger partial charge in [0, 0.05) is 12.5 Å². The molecule has 1 rings (SSSR count). The van der Waals surface area contributed by atoms with Gasteiger partial charge in [-0.1, -0.05) is 0 Å². The molecule has 0 amide bonds. The summed E-state index contributed by atoms with van der Waals surface area (Å²) in [5, 5.41) is 58.2. The van der Waals surface area contributed by atoms with Gasteiger partial charge in [-0.3, -0.25) is 0 Å². The Morgan fingerprint density at radius 2 is 1.71 bits per heavy atom. The summed E-state index contributed by atoms with van der Waals surface area (Å²) in [7, 11) is 0. The zero-order valence-electron chi connectivity index (χ0n) is 9.32. The average molecular weight is 249 g/mol. The SMILES string of the molecule is OCC(CO)NC1CC(CO)C(O)C(O)=C1O. The van der Waals surface area contributed by atoms with Crippen LogP contribution in [0.25, 0.3) is 0 Å². The first-order chi connectivity index (χ1) is 8.04. The minimum absolute atomic E-state index is 0.198. The third-order valence-corrected chi connectivity index (χ3v) is 2.97. The van der Waals surface area contributed by atoms with Crippen molar-refractivity contribution in [1.82, 2.24) is 5.32 Å². The molecule has 1 aliphatic carbocycles. The highest BCUT2D eigenvalue weighted by Crippen LogP contribution is 2.27. The van der Waals surface area contributed by atoms with Crippen LogP contribution < -0.4 is 5.32 Å². The summed E-state index contributed by atoms with van der Waals surface area (Å²) in [5.74, 6) is -1.60. The van der Waals surface area contributed by atoms with Crippen molar-refractivity contribution in [1.29, 1.82) is 0 Å². The van der Waals surface area contributed by atoms with Crippen LogP contribution in [0, 0.1) is 5.92 Å². The van der Waals surface area contributed by atoms with E-state index in [1.807, 2.05) is 0 Å². The number of hydrogen-bond donors (Lipinski definition) is 7. The van der Waals surface area contributed by atoms with E-state index in [0.29, 0.717) is 0 Å². The molecule has 17 heavy (non-hydrogen) atoms. The Hall–Kier alpha value is -0.860. The number of aliphatic hydroxyl groups is 6. The van der Waals surface area contributed by atoms with Crippen molar-refractivity contribution in [3.05, 3.63) is 11.5 Å². The van der Waals surface area contributed by atoms with Gasteiger partial charge in [-0.25, -0.2) is 0 Å². The van der Waals surface area contributed by atoms with Gasteiger partial charge in [0.15, 0.2) is 5.76 Å². The maximum absolute atomic E-state index is 9.62. The zero-order chi connectivity index (χ0) is 13.0. The van der Waals surface area contributed by atoms with Crippen LogP contribution >= 0.6 is 0 Å². The standard InChI is InChI=1S/C10H19NO6/c12-2-5-1-7(11-6(3-13)4-14)9(16)10(17)8(5)15/h5-8,11-17H,1-4H2. The Labute approximate surface area is 98.6 Å². The quantitative estimate of drug-likeness (QED) is 0.299. The maximum atomic E-state index is 9.62. The van der Waals surface area contributed by atoms with Crippen LogP contribution in [0.5, 0.6) is 0 Å². The minimum atomic E-state index is -1.29. The lowest BCUT2D eigenvalue weighted by Gasteiger charge is -2.33. The molecule has 0 saturated heterocycles. The van der Waals surface area contributed by atoms with Gasteiger partial charge in [-0.2, -0.15) is 0 Å². The Balaban J connectivity index is 2.78. The van der Waals surface area contributed by atoms with Crippen LogP contribution in [0.4, 0.5) is 0 Å². The highest BCUT2D eigenvalue weighted by Gasteiger charge is 2.36. The van der Waals surface area contributed by atoms with Crippen molar-refractivity contribution in [2.24, 2.45) is 5.92 Å². The number of hydrogen-bond acceptors (Lipinski definition) is 7. The molecule has 0 aliphatic heterocycles. The first kappa shape index (κ1) is 14.2. The van der Waals surface area contributed by atoms with Crippen molar-refractivity contribution in [3.63, 3.8) is 0 Å². The van der Waals surface area contributed by atoms with Gasteiger partial charge >= 0.3 is 0 Å². The number of aliphatic hydroxyl groups excluding tert-OH is 6. The van der Waals surface area contributed by atoms with Crippen molar-refractivity contribution < 1.29 is 30.6 Å². The molecule has 0 bridgehead atoms. The van der Waals surface area contributed by atoms with Crippen molar-refractivity contribution >= 4 is 0 Å². The van der Waals surface area contributed by atoms with Crippen LogP contribution in [0.3, 0.4) is 0 Å². The summed E-state index contributed by atoms with van der Waals surface area (Å²) in [6, 6.07) is -1.34. The topological polar surface area (TPSA) is 133 Å². The van der Waals surface area contributed by atoms with Crippen LogP contribution in [0.1, 0.15) is 6.42 Å². The first-order valence-electron chi connectivity index (χ1n) is 5.43. The predicted molar refractivity (Wildman–Crippen MR) is 58.4 cm³/mol. The van der Waals surface area contributed by atoms with E-state index in [4.69, 9.17) is 15.3 Å². The summed E-state index contributed by atoms with van der Waals surface area (Å²) in [4.78, 5) is 0. The van der Waals surface area contributed by atoms with Gasteiger partial charge < -0.3 is 36.0 Å². The van der Waals surface area contributed by atoms with Crippen molar-refractivity contribution in [3.8, 4) is 0 Å². The molecule has 7 nitrogen and oxygen atoms in total. The van der Waals surface area contributed by atoms with Gasteiger partial charge in [0.2, 0.25) is 0 Å². The molecule has 0 aromatic rings. The molecule has 0 aromatic heterocycles. The lowest BCUT2D eigenvalue weighted by atomic mass is 9.86. The van der Waals surface area contributed by atoms with Crippen LogP contribution in [0.15, 0.2) is 11.5 Å². The average Bonchev–Trinajstić information content (AvgIpc) is 2.35. The molecule has 7 N–H and O–H groups in total. The van der Waals surface area contributed by atoms with Crippen molar-refractivity contribution in [2.75, 3.05) is 19.8 Å². The molecule has 3 unspecified atom stereocenters. The van der Waals surface area contributed by atoms with Crippen LogP contribution in [-0.2, 0) is 0 Å². The number of nitrogens with one attached hydrogen (secondary N) is 1. The Morgan fingerprint density at radius 3 is 2.18 bits per heavy atom. The maximum Gasteiger partial charge on any atom is 0.160 e. The molecule has 100 valence electrons. The second-order valence-corrected chi connectivity index (χ2v) is 4.17. The molecule has 1 aliphatic rings. The summed E-state index contributed by atoms with van der Waals surface area (Å²) < 4.78 is 0. The molecule has 0 saturated carbocycles. The van der Waals surface area contributed by atoms with E-state index in [2.05, 4.69) is 5.32 Å². The highest BCUT2D eigenvalue weighted by atomic mass is 16.3. The van der Waals surface area contributed by atoms with Gasteiger partial charge in [0.05, 0.1) is 25.3 Å². The summed E-state index contributed by atoms with van der Waals surface area (Å²) in [6.07, 6.45) is -1.09. The summed E-state index contributed by atoms with van der Waals surface area (Å²) >= 11 is 0. The largest absolute Gasteiger partial charge is 0.507 e. The highest BCUT2D eigenvalue weighted by molar-refractivity contribution is 5.17. The second-order valence-electron chi connectivity index (χ2n) is 4.17. The third-order valence-electron chi connectivity index (χ3n) is 2.97. The molecule has 0 radical (unpaired) electrons. The van der Waals surface area contributed by atoms with Crippen molar-refractivity contribution in [2.45, 2.75) is 24.6 Å². The normalized spacial score (nSPS) is 30.1. The zero-order valence-corrected chi connectivity index (χ0v) is 9.32. The Morgan fingerprint density at radius 1 is 1.12 bits per heavy atom. The lowest BCUT2D eigenvalue weighted by molar-refractivity contribution is 0.0237. The van der Waals surface area contributed by atoms with Crippen LogP contribution in [0.2, 0.25) is 0 Å². The fraction of sp³-hybridized carbons (Fsp3) is 0.800. The fourth-order valence-electron chi connectivity index (χ4n) is 1.87. The molecule has 0 fully saturated rings.